The number of methoxy groups -OCH3 is 1. The summed E-state index contributed by atoms with van der Waals surface area (Å²) in [5.41, 5.74) is 2.81. The Labute approximate surface area is 142 Å². The highest BCUT2D eigenvalue weighted by Gasteiger charge is 2.40. The zero-order valence-corrected chi connectivity index (χ0v) is 15.0. The van der Waals surface area contributed by atoms with Crippen molar-refractivity contribution in [3.05, 3.63) is 62.5 Å². The fraction of sp³-hybridized carbons (Fsp3) is 0.294. The van der Waals surface area contributed by atoms with Crippen LogP contribution in [0.4, 0.5) is 0 Å². The first kappa shape index (κ1) is 15.1. The zero-order valence-electron chi connectivity index (χ0n) is 11.8. The largest absolute Gasteiger partial charge is 0.497 e. The van der Waals surface area contributed by atoms with Crippen molar-refractivity contribution in [2.24, 2.45) is 0 Å². The summed E-state index contributed by atoms with van der Waals surface area (Å²) in [4.78, 5) is 0. The molecular weight excluding hydrogens is 394 g/mol. The maximum atomic E-state index is 5.36. The molecule has 0 spiro atoms. The Morgan fingerprint density at radius 2 is 1.86 bits per heavy atom. The van der Waals surface area contributed by atoms with E-state index < -0.39 is 0 Å². The topological polar surface area (TPSA) is 21.3 Å². The molecule has 2 aromatic carbocycles. The van der Waals surface area contributed by atoms with Crippen LogP contribution in [0.25, 0.3) is 0 Å². The molecule has 1 aliphatic rings. The van der Waals surface area contributed by atoms with E-state index in [9.17, 15) is 0 Å². The number of ether oxygens (including phenoxy) is 1. The van der Waals surface area contributed by atoms with Crippen molar-refractivity contribution >= 4 is 31.9 Å². The summed E-state index contributed by atoms with van der Waals surface area (Å²) in [5, 5.41) is 3.43. The van der Waals surface area contributed by atoms with Crippen LogP contribution in [0, 0.1) is 0 Å². The summed E-state index contributed by atoms with van der Waals surface area (Å²) >= 11 is 7.37. The minimum Gasteiger partial charge on any atom is -0.497 e. The molecule has 21 heavy (non-hydrogen) atoms. The van der Waals surface area contributed by atoms with Crippen molar-refractivity contribution in [1.82, 2.24) is 5.32 Å². The number of hydrogen-bond acceptors (Lipinski definition) is 2. The van der Waals surface area contributed by atoms with E-state index in [2.05, 4.69) is 73.6 Å². The molecule has 0 aromatic heterocycles. The first-order valence-electron chi connectivity index (χ1n) is 6.93. The Balaban J connectivity index is 1.97. The van der Waals surface area contributed by atoms with Gasteiger partial charge in [0.2, 0.25) is 0 Å². The van der Waals surface area contributed by atoms with Gasteiger partial charge in [0.25, 0.3) is 0 Å². The summed E-state index contributed by atoms with van der Waals surface area (Å²) in [7, 11) is 1.71. The van der Waals surface area contributed by atoms with Crippen LogP contribution in [0.5, 0.6) is 5.75 Å². The van der Waals surface area contributed by atoms with Crippen LogP contribution >= 0.6 is 31.9 Å². The van der Waals surface area contributed by atoms with Crippen molar-refractivity contribution < 1.29 is 4.74 Å². The van der Waals surface area contributed by atoms with Crippen molar-refractivity contribution in [1.29, 1.82) is 0 Å². The molecule has 0 saturated carbocycles. The highest BCUT2D eigenvalue weighted by Crippen LogP contribution is 2.38. The third kappa shape index (κ3) is 2.89. The van der Waals surface area contributed by atoms with Crippen molar-refractivity contribution in [2.75, 3.05) is 20.2 Å². The van der Waals surface area contributed by atoms with Gasteiger partial charge in [-0.2, -0.15) is 0 Å². The predicted octanol–water partition coefficient (Wildman–Crippen LogP) is 4.30. The number of hydrogen-bond donors (Lipinski definition) is 1. The van der Waals surface area contributed by atoms with Crippen LogP contribution < -0.4 is 10.1 Å². The predicted molar refractivity (Wildman–Crippen MR) is 93.1 cm³/mol. The fourth-order valence-corrected chi connectivity index (χ4v) is 4.00. The molecule has 0 unspecified atom stereocenters. The molecule has 0 aliphatic carbocycles. The Bertz CT molecular complexity index is 653. The minimum absolute atomic E-state index is 0.148. The third-order valence-electron chi connectivity index (χ3n) is 4.15. The lowest BCUT2D eigenvalue weighted by Crippen LogP contribution is -2.58. The molecule has 0 atom stereocenters. The normalized spacial score (nSPS) is 16.3. The van der Waals surface area contributed by atoms with Gasteiger partial charge in [0, 0.05) is 27.4 Å². The van der Waals surface area contributed by atoms with Gasteiger partial charge in [-0.25, -0.2) is 0 Å². The molecule has 1 heterocycles. The molecule has 0 amide bonds. The number of halogens is 2. The van der Waals surface area contributed by atoms with Gasteiger partial charge in [-0.15, -0.1) is 0 Å². The highest BCUT2D eigenvalue weighted by molar-refractivity contribution is 9.10. The lowest BCUT2D eigenvalue weighted by atomic mass is 9.71. The molecule has 110 valence electrons. The van der Waals surface area contributed by atoms with Gasteiger partial charge in [0.15, 0.2) is 0 Å². The third-order valence-corrected chi connectivity index (χ3v) is 5.62. The average Bonchev–Trinajstić information content (AvgIpc) is 2.46. The van der Waals surface area contributed by atoms with Crippen LogP contribution in [0.2, 0.25) is 0 Å². The maximum Gasteiger partial charge on any atom is 0.119 e. The van der Waals surface area contributed by atoms with Crippen LogP contribution in [0.15, 0.2) is 51.4 Å². The summed E-state index contributed by atoms with van der Waals surface area (Å²) in [6.45, 7) is 2.00. The van der Waals surface area contributed by atoms with E-state index >= 15 is 0 Å². The van der Waals surface area contributed by atoms with Crippen LogP contribution in [0.1, 0.15) is 11.1 Å². The molecular formula is C17H17Br2NO. The second-order valence-corrected chi connectivity index (χ2v) is 7.21. The van der Waals surface area contributed by atoms with Gasteiger partial charge >= 0.3 is 0 Å². The summed E-state index contributed by atoms with van der Waals surface area (Å²) in [5.74, 6) is 0.905. The molecule has 0 radical (unpaired) electrons. The number of benzene rings is 2. The van der Waals surface area contributed by atoms with Gasteiger partial charge in [-0.1, -0.05) is 50.1 Å². The second kappa shape index (κ2) is 6.11. The van der Waals surface area contributed by atoms with E-state index in [0.29, 0.717) is 0 Å². The van der Waals surface area contributed by atoms with Crippen LogP contribution in [-0.2, 0) is 11.8 Å². The molecule has 4 heteroatoms. The molecule has 2 nitrogen and oxygen atoms in total. The average molecular weight is 411 g/mol. The van der Waals surface area contributed by atoms with Crippen molar-refractivity contribution in [3.63, 3.8) is 0 Å². The Morgan fingerprint density at radius 3 is 2.48 bits per heavy atom. The minimum atomic E-state index is 0.148. The van der Waals surface area contributed by atoms with Crippen molar-refractivity contribution in [3.8, 4) is 5.75 Å². The summed E-state index contributed by atoms with van der Waals surface area (Å²) in [6.07, 6.45) is 0.987. The first-order valence-corrected chi connectivity index (χ1v) is 8.51. The quantitative estimate of drug-likeness (QED) is 0.810. The van der Waals surface area contributed by atoms with E-state index in [1.807, 2.05) is 6.07 Å². The van der Waals surface area contributed by atoms with E-state index in [1.54, 1.807) is 7.11 Å². The lowest BCUT2D eigenvalue weighted by Gasteiger charge is -2.44. The fourth-order valence-electron chi connectivity index (χ4n) is 2.91. The van der Waals surface area contributed by atoms with Crippen LogP contribution in [-0.4, -0.2) is 20.2 Å². The van der Waals surface area contributed by atoms with E-state index in [4.69, 9.17) is 4.74 Å². The zero-order chi connectivity index (χ0) is 14.9. The Hall–Kier alpha value is -0.840. The smallest absolute Gasteiger partial charge is 0.119 e. The maximum absolute atomic E-state index is 5.36. The molecule has 1 saturated heterocycles. The van der Waals surface area contributed by atoms with Crippen LogP contribution in [0.3, 0.4) is 0 Å². The standard InChI is InChI=1S/C17H17Br2NO/c1-21-13-6-7-15(18)12(8-13)9-17(10-20-11-17)14-4-2-3-5-16(14)19/h2-8,20H,9-11H2,1H3. The highest BCUT2D eigenvalue weighted by atomic mass is 79.9. The lowest BCUT2D eigenvalue weighted by molar-refractivity contribution is 0.273. The van der Waals surface area contributed by atoms with Gasteiger partial charge in [-0.3, -0.25) is 0 Å². The number of rotatable bonds is 4. The molecule has 1 fully saturated rings. The van der Waals surface area contributed by atoms with Gasteiger partial charge in [0.1, 0.15) is 5.75 Å². The first-order chi connectivity index (χ1) is 10.1. The van der Waals surface area contributed by atoms with Gasteiger partial charge in [-0.05, 0) is 41.8 Å². The molecule has 1 aliphatic heterocycles. The summed E-state index contributed by atoms with van der Waals surface area (Å²) < 4.78 is 7.69. The molecule has 2 aromatic rings. The monoisotopic (exact) mass is 409 g/mol. The summed E-state index contributed by atoms with van der Waals surface area (Å²) in [6, 6.07) is 14.7. The molecule has 3 rings (SSSR count). The van der Waals surface area contributed by atoms with Crippen molar-refractivity contribution in [2.45, 2.75) is 11.8 Å². The Kier molecular flexibility index (Phi) is 4.38. The van der Waals surface area contributed by atoms with Gasteiger partial charge in [0.05, 0.1) is 7.11 Å². The SMILES string of the molecule is COc1ccc(Br)c(CC2(c3ccccc3Br)CNC2)c1. The van der Waals surface area contributed by atoms with E-state index in [0.717, 1.165) is 29.7 Å². The molecule has 0 bridgehead atoms. The Morgan fingerprint density at radius 1 is 1.10 bits per heavy atom. The second-order valence-electron chi connectivity index (χ2n) is 5.50. The van der Waals surface area contributed by atoms with E-state index in [1.165, 1.54) is 15.6 Å². The molecule has 1 N–H and O–H groups in total. The van der Waals surface area contributed by atoms with Gasteiger partial charge < -0.3 is 10.1 Å². The van der Waals surface area contributed by atoms with E-state index in [-0.39, 0.29) is 5.41 Å². The number of nitrogens with one attached hydrogen (secondary N) is 1.